The number of anilines is 1. The smallest absolute Gasteiger partial charge is 0.408 e. The highest BCUT2D eigenvalue weighted by molar-refractivity contribution is 5.98. The van der Waals surface area contributed by atoms with E-state index in [4.69, 9.17) is 15.2 Å². The number of amides is 6. The lowest BCUT2D eigenvalue weighted by Gasteiger charge is -2.25. The fourth-order valence-electron chi connectivity index (χ4n) is 4.00. The first kappa shape index (κ1) is 39.1. The Morgan fingerprint density at radius 1 is 0.891 bits per heavy atom. The molecule has 1 rings (SSSR count). The average Bonchev–Trinajstić information content (AvgIpc) is 2.97. The summed E-state index contributed by atoms with van der Waals surface area (Å²) < 4.78 is 10.4. The number of ketones is 1. The molecule has 0 aliphatic heterocycles. The molecule has 0 saturated carbocycles. The van der Waals surface area contributed by atoms with Gasteiger partial charge in [0, 0.05) is 25.6 Å². The van der Waals surface area contributed by atoms with Gasteiger partial charge in [-0.05, 0) is 62.8 Å². The monoisotopic (exact) mass is 646 g/mol. The number of esters is 1. The largest absolute Gasteiger partial charge is 0.461 e. The zero-order valence-electron chi connectivity index (χ0n) is 27.0. The quantitative estimate of drug-likeness (QED) is 0.0731. The summed E-state index contributed by atoms with van der Waals surface area (Å²) in [5.41, 5.74) is 6.05. The Bertz CT molecular complexity index is 1230. The molecule has 7 N–H and O–H groups in total. The van der Waals surface area contributed by atoms with E-state index >= 15 is 0 Å². The van der Waals surface area contributed by atoms with Crippen molar-refractivity contribution in [3.8, 4) is 0 Å². The number of rotatable bonds is 19. The van der Waals surface area contributed by atoms with Gasteiger partial charge in [-0.3, -0.25) is 19.2 Å². The Kier molecular flexibility index (Phi) is 17.1. The fraction of sp³-hybridized carbons (Fsp3) is 0.516. The molecule has 1 aromatic rings. The number of carbonyl (C=O) groups is 7. The van der Waals surface area contributed by atoms with Crippen LogP contribution in [0.25, 0.3) is 0 Å². The molecule has 15 heteroatoms. The molecule has 0 aliphatic carbocycles. The van der Waals surface area contributed by atoms with Crippen LogP contribution >= 0.6 is 0 Å². The van der Waals surface area contributed by atoms with Crippen molar-refractivity contribution in [2.24, 2.45) is 11.7 Å². The third-order valence-corrected chi connectivity index (χ3v) is 6.34. The standard InChI is InChI=1S/C31H46N6O9/c1-7-23(39)14-15-25(29(42)46-19(4)5)37-31(44)45-17-21-10-12-22(13-11-21)35-27(40)24(9-8-16-33-30(32)43)36-28(41)26(18(2)3)34-20(6)38/h7,10-13,18-19,24-26H,1,8-9,14-17H2,2-6H3,(H,34,38)(H,35,40)(H,36,41)(H,37,44)(H3,32,33,43)/t24-,25-,26?/m0/s1. The molecule has 6 amide bonds. The van der Waals surface area contributed by atoms with Crippen LogP contribution in [0, 0.1) is 5.92 Å². The van der Waals surface area contributed by atoms with E-state index in [1.807, 2.05) is 0 Å². The van der Waals surface area contributed by atoms with Crippen LogP contribution in [0.2, 0.25) is 0 Å². The van der Waals surface area contributed by atoms with Crippen molar-refractivity contribution in [2.75, 3.05) is 11.9 Å². The number of alkyl carbamates (subject to hydrolysis) is 1. The topological polar surface area (TPSA) is 224 Å². The molecule has 0 bridgehead atoms. The lowest BCUT2D eigenvalue weighted by Crippen LogP contribution is -2.54. The van der Waals surface area contributed by atoms with Gasteiger partial charge in [0.15, 0.2) is 5.78 Å². The van der Waals surface area contributed by atoms with Crippen LogP contribution in [0.1, 0.15) is 65.9 Å². The van der Waals surface area contributed by atoms with Crippen molar-refractivity contribution < 1.29 is 43.0 Å². The minimum absolute atomic E-state index is 0.00831. The Balaban J connectivity index is 2.86. The zero-order valence-corrected chi connectivity index (χ0v) is 27.0. The van der Waals surface area contributed by atoms with Gasteiger partial charge < -0.3 is 41.8 Å². The van der Waals surface area contributed by atoms with E-state index in [2.05, 4.69) is 33.2 Å². The maximum absolute atomic E-state index is 13.2. The predicted octanol–water partition coefficient (Wildman–Crippen LogP) is 1.80. The summed E-state index contributed by atoms with van der Waals surface area (Å²) in [7, 11) is 0. The second kappa shape index (κ2) is 20.2. The van der Waals surface area contributed by atoms with Crippen molar-refractivity contribution in [3.63, 3.8) is 0 Å². The van der Waals surface area contributed by atoms with Crippen LogP contribution in [0.5, 0.6) is 0 Å². The Morgan fingerprint density at radius 2 is 1.54 bits per heavy atom. The molecule has 0 aromatic heterocycles. The maximum Gasteiger partial charge on any atom is 0.408 e. The molecule has 1 aromatic carbocycles. The highest BCUT2D eigenvalue weighted by Gasteiger charge is 2.28. The molecule has 1 unspecified atom stereocenters. The molecule has 0 heterocycles. The Labute approximate surface area is 268 Å². The summed E-state index contributed by atoms with van der Waals surface area (Å²) >= 11 is 0. The fourth-order valence-corrected chi connectivity index (χ4v) is 4.00. The molecule has 0 spiro atoms. The summed E-state index contributed by atoms with van der Waals surface area (Å²) in [6.45, 7) is 11.5. The van der Waals surface area contributed by atoms with Crippen molar-refractivity contribution in [2.45, 2.75) is 91.1 Å². The Morgan fingerprint density at radius 3 is 2.09 bits per heavy atom. The molecule has 0 radical (unpaired) electrons. The van der Waals surface area contributed by atoms with Crippen LogP contribution in [0.4, 0.5) is 15.3 Å². The van der Waals surface area contributed by atoms with Crippen LogP contribution in [-0.2, 0) is 40.1 Å². The lowest BCUT2D eigenvalue weighted by molar-refractivity contribution is -0.150. The number of hydrogen-bond donors (Lipinski definition) is 6. The molecule has 0 aliphatic rings. The first-order valence-electron chi connectivity index (χ1n) is 14.9. The van der Waals surface area contributed by atoms with E-state index in [1.54, 1.807) is 52.0 Å². The zero-order chi connectivity index (χ0) is 34.8. The van der Waals surface area contributed by atoms with Crippen LogP contribution in [0.3, 0.4) is 0 Å². The minimum atomic E-state index is -1.09. The molecule has 0 fully saturated rings. The van der Waals surface area contributed by atoms with Gasteiger partial charge in [0.1, 0.15) is 24.7 Å². The van der Waals surface area contributed by atoms with Crippen molar-refractivity contribution >= 4 is 47.3 Å². The van der Waals surface area contributed by atoms with Gasteiger partial charge in [-0.1, -0.05) is 32.6 Å². The van der Waals surface area contributed by atoms with E-state index in [0.29, 0.717) is 17.7 Å². The summed E-state index contributed by atoms with van der Waals surface area (Å²) in [6.07, 6.45) is 0.298. The maximum atomic E-state index is 13.2. The number of nitrogens with one attached hydrogen (secondary N) is 5. The summed E-state index contributed by atoms with van der Waals surface area (Å²) in [5.74, 6) is -2.69. The van der Waals surface area contributed by atoms with E-state index in [9.17, 15) is 33.6 Å². The van der Waals surface area contributed by atoms with E-state index < -0.39 is 60.0 Å². The van der Waals surface area contributed by atoms with E-state index in [1.165, 1.54) is 6.92 Å². The van der Waals surface area contributed by atoms with E-state index in [0.717, 1.165) is 6.08 Å². The van der Waals surface area contributed by atoms with Crippen LogP contribution in [0.15, 0.2) is 36.9 Å². The van der Waals surface area contributed by atoms with Gasteiger partial charge in [-0.25, -0.2) is 14.4 Å². The van der Waals surface area contributed by atoms with Gasteiger partial charge in [-0.15, -0.1) is 0 Å². The first-order chi connectivity index (χ1) is 21.6. The second-order valence-electron chi connectivity index (χ2n) is 11.1. The third-order valence-electron chi connectivity index (χ3n) is 6.34. The van der Waals surface area contributed by atoms with E-state index in [-0.39, 0.29) is 44.1 Å². The molecule has 15 nitrogen and oxygen atoms in total. The van der Waals surface area contributed by atoms with Gasteiger partial charge in [0.25, 0.3) is 0 Å². The SMILES string of the molecule is C=CC(=O)CC[C@H](NC(=O)OCc1ccc(NC(=O)[C@H](CCCNC(N)=O)NC(=O)C(NC(C)=O)C(C)C)cc1)C(=O)OC(C)C. The number of urea groups is 1. The highest BCUT2D eigenvalue weighted by Crippen LogP contribution is 2.13. The number of nitrogens with two attached hydrogens (primary N) is 1. The second-order valence-corrected chi connectivity index (χ2v) is 11.1. The molecule has 46 heavy (non-hydrogen) atoms. The molecular formula is C31H46N6O9. The van der Waals surface area contributed by atoms with Crippen LogP contribution < -0.4 is 32.3 Å². The average molecular weight is 647 g/mol. The van der Waals surface area contributed by atoms with Gasteiger partial charge in [0.2, 0.25) is 17.7 Å². The number of primary amides is 1. The number of hydrogen-bond acceptors (Lipinski definition) is 9. The molecular weight excluding hydrogens is 600 g/mol. The predicted molar refractivity (Wildman–Crippen MR) is 169 cm³/mol. The molecule has 0 saturated heterocycles. The Hall–Kier alpha value is -4.95. The number of allylic oxidation sites excluding steroid dienone is 1. The van der Waals surface area contributed by atoms with Gasteiger partial charge >= 0.3 is 18.1 Å². The summed E-state index contributed by atoms with van der Waals surface area (Å²) in [6, 6.07) is 2.67. The first-order valence-corrected chi connectivity index (χ1v) is 14.9. The van der Waals surface area contributed by atoms with Crippen molar-refractivity contribution in [3.05, 3.63) is 42.5 Å². The molecule has 3 atom stereocenters. The summed E-state index contributed by atoms with van der Waals surface area (Å²) in [5, 5.41) is 12.8. The van der Waals surface area contributed by atoms with Crippen molar-refractivity contribution in [1.29, 1.82) is 0 Å². The van der Waals surface area contributed by atoms with Crippen LogP contribution in [-0.4, -0.2) is 72.4 Å². The third kappa shape index (κ3) is 15.7. The number of carbonyl (C=O) groups excluding carboxylic acids is 7. The minimum Gasteiger partial charge on any atom is -0.461 e. The molecule has 254 valence electrons. The van der Waals surface area contributed by atoms with Gasteiger partial charge in [0.05, 0.1) is 6.10 Å². The normalized spacial score (nSPS) is 12.6. The highest BCUT2D eigenvalue weighted by atomic mass is 16.6. The number of ether oxygens (including phenoxy) is 2. The van der Waals surface area contributed by atoms with Crippen molar-refractivity contribution in [1.82, 2.24) is 21.3 Å². The lowest BCUT2D eigenvalue weighted by atomic mass is 10.0. The van der Waals surface area contributed by atoms with Gasteiger partial charge in [-0.2, -0.15) is 0 Å². The summed E-state index contributed by atoms with van der Waals surface area (Å²) in [4.78, 5) is 85.1. The number of benzene rings is 1.